The molecule has 1 atom stereocenters. The van der Waals surface area contributed by atoms with E-state index in [9.17, 15) is 13.2 Å². The van der Waals surface area contributed by atoms with Gasteiger partial charge in [-0.25, -0.2) is 0 Å². The average Bonchev–Trinajstić information content (AvgIpc) is 2.90. The van der Waals surface area contributed by atoms with Crippen LogP contribution < -0.4 is 0 Å². The van der Waals surface area contributed by atoms with Crippen LogP contribution in [-0.2, 0) is 15.8 Å². The van der Waals surface area contributed by atoms with Gasteiger partial charge in [0.05, 0.1) is 17.4 Å². The number of nitrogens with zero attached hydrogens (tertiary/aromatic N) is 1. The highest BCUT2D eigenvalue weighted by atomic mass is 35.5. The third kappa shape index (κ3) is 4.35. The standard InChI is InChI=1S/C14H15ClF3NO2/c1-9(19-21-8-11-3-2-6-20-11)12-7-10(15)4-5-13(12)14(16,17)18/h4-5,7,11H,2-3,6,8H2,1H3. The summed E-state index contributed by atoms with van der Waals surface area (Å²) in [5.41, 5.74) is -0.737. The van der Waals surface area contributed by atoms with E-state index in [-0.39, 0.29) is 29.0 Å². The molecular formula is C14H15ClF3NO2. The predicted octanol–water partition coefficient (Wildman–Crippen LogP) is 4.28. The molecule has 1 unspecified atom stereocenters. The van der Waals surface area contributed by atoms with E-state index in [2.05, 4.69) is 5.16 Å². The van der Waals surface area contributed by atoms with E-state index in [1.165, 1.54) is 19.1 Å². The van der Waals surface area contributed by atoms with Crippen LogP contribution in [0.25, 0.3) is 0 Å². The summed E-state index contributed by atoms with van der Waals surface area (Å²) in [5.74, 6) is 0. The fourth-order valence-electron chi connectivity index (χ4n) is 2.11. The van der Waals surface area contributed by atoms with Crippen LogP contribution in [0, 0.1) is 0 Å². The van der Waals surface area contributed by atoms with Gasteiger partial charge >= 0.3 is 6.18 Å². The quantitative estimate of drug-likeness (QED) is 0.612. The lowest BCUT2D eigenvalue weighted by Crippen LogP contribution is -2.14. The van der Waals surface area contributed by atoms with Crippen molar-refractivity contribution in [2.45, 2.75) is 32.0 Å². The molecule has 1 fully saturated rings. The number of benzene rings is 1. The molecule has 21 heavy (non-hydrogen) atoms. The predicted molar refractivity (Wildman–Crippen MR) is 73.6 cm³/mol. The molecule has 0 bridgehead atoms. The van der Waals surface area contributed by atoms with Crippen LogP contribution in [0.2, 0.25) is 5.02 Å². The highest BCUT2D eigenvalue weighted by Gasteiger charge is 2.34. The van der Waals surface area contributed by atoms with Crippen molar-refractivity contribution in [3.05, 3.63) is 34.3 Å². The number of rotatable bonds is 4. The molecule has 0 N–H and O–H groups in total. The van der Waals surface area contributed by atoms with Gasteiger partial charge in [-0.15, -0.1) is 0 Å². The first kappa shape index (κ1) is 16.1. The average molecular weight is 322 g/mol. The van der Waals surface area contributed by atoms with Crippen molar-refractivity contribution in [3.8, 4) is 0 Å². The van der Waals surface area contributed by atoms with Gasteiger partial charge in [-0.3, -0.25) is 0 Å². The lowest BCUT2D eigenvalue weighted by atomic mass is 10.0. The molecule has 2 rings (SSSR count). The minimum Gasteiger partial charge on any atom is -0.393 e. The molecule has 0 aromatic heterocycles. The smallest absolute Gasteiger partial charge is 0.393 e. The van der Waals surface area contributed by atoms with Crippen LogP contribution in [0.3, 0.4) is 0 Å². The summed E-state index contributed by atoms with van der Waals surface area (Å²) in [4.78, 5) is 5.09. The van der Waals surface area contributed by atoms with Crippen molar-refractivity contribution >= 4 is 17.3 Å². The lowest BCUT2D eigenvalue weighted by Gasteiger charge is -2.13. The first-order valence-corrected chi connectivity index (χ1v) is 6.91. The molecule has 7 heteroatoms. The Kier molecular flexibility index (Phi) is 5.11. The maximum Gasteiger partial charge on any atom is 0.417 e. The summed E-state index contributed by atoms with van der Waals surface area (Å²) in [5, 5.41) is 3.97. The number of oxime groups is 1. The summed E-state index contributed by atoms with van der Waals surface area (Å²) >= 11 is 5.77. The second kappa shape index (κ2) is 6.66. The summed E-state index contributed by atoms with van der Waals surface area (Å²) in [6.07, 6.45) is -2.67. The van der Waals surface area contributed by atoms with Crippen LogP contribution in [0.1, 0.15) is 30.9 Å². The third-order valence-corrected chi connectivity index (χ3v) is 3.40. The molecule has 116 valence electrons. The SMILES string of the molecule is CC(=NOCC1CCCO1)c1cc(Cl)ccc1C(F)(F)F. The second-order valence-corrected chi connectivity index (χ2v) is 5.23. The van der Waals surface area contributed by atoms with Crippen LogP contribution in [0.4, 0.5) is 13.2 Å². The van der Waals surface area contributed by atoms with Gasteiger partial charge < -0.3 is 9.57 Å². The van der Waals surface area contributed by atoms with E-state index in [1.54, 1.807) is 0 Å². The Balaban J connectivity index is 2.13. The lowest BCUT2D eigenvalue weighted by molar-refractivity contribution is -0.137. The van der Waals surface area contributed by atoms with Crippen molar-refractivity contribution in [1.82, 2.24) is 0 Å². The van der Waals surface area contributed by atoms with E-state index in [0.717, 1.165) is 18.9 Å². The maximum absolute atomic E-state index is 12.9. The fraction of sp³-hybridized carbons (Fsp3) is 0.500. The molecule has 1 aliphatic rings. The zero-order valence-corrected chi connectivity index (χ0v) is 12.2. The minimum atomic E-state index is -4.47. The van der Waals surface area contributed by atoms with Crippen molar-refractivity contribution in [1.29, 1.82) is 0 Å². The molecule has 1 aromatic rings. The van der Waals surface area contributed by atoms with Crippen LogP contribution >= 0.6 is 11.6 Å². The normalized spacial score (nSPS) is 19.9. The molecule has 0 spiro atoms. The molecule has 0 saturated carbocycles. The second-order valence-electron chi connectivity index (χ2n) is 4.80. The van der Waals surface area contributed by atoms with E-state index in [0.29, 0.717) is 6.61 Å². The summed E-state index contributed by atoms with van der Waals surface area (Å²) in [6.45, 7) is 2.37. The molecule has 3 nitrogen and oxygen atoms in total. The molecule has 1 heterocycles. The van der Waals surface area contributed by atoms with Gasteiger partial charge in [0.1, 0.15) is 6.61 Å². The minimum absolute atomic E-state index is 0.0389. The van der Waals surface area contributed by atoms with E-state index in [4.69, 9.17) is 21.2 Å². The van der Waals surface area contributed by atoms with Crippen molar-refractivity contribution < 1.29 is 22.7 Å². The Morgan fingerprint density at radius 2 is 2.24 bits per heavy atom. The fourth-order valence-corrected chi connectivity index (χ4v) is 2.28. The molecule has 1 saturated heterocycles. The topological polar surface area (TPSA) is 30.8 Å². The summed E-state index contributed by atoms with van der Waals surface area (Å²) in [6, 6.07) is 3.38. The zero-order chi connectivity index (χ0) is 15.5. The summed E-state index contributed by atoms with van der Waals surface area (Å²) in [7, 11) is 0. The van der Waals surface area contributed by atoms with Crippen molar-refractivity contribution in [2.75, 3.05) is 13.2 Å². The third-order valence-electron chi connectivity index (χ3n) is 3.16. The number of halogens is 4. The first-order chi connectivity index (χ1) is 9.88. The Hall–Kier alpha value is -1.27. The van der Waals surface area contributed by atoms with E-state index >= 15 is 0 Å². The van der Waals surface area contributed by atoms with Gasteiger partial charge in [0.2, 0.25) is 0 Å². The zero-order valence-electron chi connectivity index (χ0n) is 11.4. The van der Waals surface area contributed by atoms with Crippen LogP contribution in [-0.4, -0.2) is 25.0 Å². The van der Waals surface area contributed by atoms with Gasteiger partial charge in [-0.1, -0.05) is 16.8 Å². The van der Waals surface area contributed by atoms with Gasteiger partial charge in [-0.2, -0.15) is 13.2 Å². The summed E-state index contributed by atoms with van der Waals surface area (Å²) < 4.78 is 44.2. The monoisotopic (exact) mass is 321 g/mol. The maximum atomic E-state index is 12.9. The Morgan fingerprint density at radius 3 is 2.86 bits per heavy atom. The van der Waals surface area contributed by atoms with Crippen LogP contribution in [0.15, 0.2) is 23.4 Å². The molecule has 0 amide bonds. The Labute approximate surface area is 125 Å². The number of hydrogen-bond donors (Lipinski definition) is 0. The highest BCUT2D eigenvalue weighted by Crippen LogP contribution is 2.33. The largest absolute Gasteiger partial charge is 0.417 e. The Morgan fingerprint density at radius 1 is 1.48 bits per heavy atom. The molecule has 1 aromatic carbocycles. The van der Waals surface area contributed by atoms with Crippen LogP contribution in [0.5, 0.6) is 0 Å². The first-order valence-electron chi connectivity index (χ1n) is 6.53. The van der Waals surface area contributed by atoms with E-state index < -0.39 is 11.7 Å². The molecule has 0 radical (unpaired) electrons. The number of ether oxygens (including phenoxy) is 1. The molecule has 0 aliphatic carbocycles. The highest BCUT2D eigenvalue weighted by molar-refractivity contribution is 6.31. The van der Waals surface area contributed by atoms with E-state index in [1.807, 2.05) is 0 Å². The number of hydrogen-bond acceptors (Lipinski definition) is 3. The van der Waals surface area contributed by atoms with Gasteiger partial charge in [0.25, 0.3) is 0 Å². The van der Waals surface area contributed by atoms with Crippen molar-refractivity contribution in [3.63, 3.8) is 0 Å². The van der Waals surface area contributed by atoms with Gasteiger partial charge in [0.15, 0.2) is 0 Å². The van der Waals surface area contributed by atoms with Gasteiger partial charge in [0, 0.05) is 17.2 Å². The Bertz CT molecular complexity index is 525. The molecular weight excluding hydrogens is 307 g/mol. The molecule has 1 aliphatic heterocycles. The van der Waals surface area contributed by atoms with Gasteiger partial charge in [-0.05, 0) is 38.0 Å². The number of alkyl halides is 3. The van der Waals surface area contributed by atoms with Crippen molar-refractivity contribution in [2.24, 2.45) is 5.16 Å².